The van der Waals surface area contributed by atoms with E-state index in [0.29, 0.717) is 5.56 Å². The fraction of sp³-hybridized carbons (Fsp3) is 0. The molecule has 0 unspecified atom stereocenters. The van der Waals surface area contributed by atoms with Gasteiger partial charge < -0.3 is 4.42 Å². The molecule has 62 valence electrons. The highest BCUT2D eigenvalue weighted by molar-refractivity contribution is 5.58. The van der Waals surface area contributed by atoms with Crippen LogP contribution in [0.3, 0.4) is 0 Å². The Morgan fingerprint density at radius 3 is 2.54 bits per heavy atom. The molecule has 13 heavy (non-hydrogen) atoms. The second-order valence-corrected chi connectivity index (χ2v) is 2.56. The van der Waals surface area contributed by atoms with Crippen molar-refractivity contribution < 1.29 is 4.42 Å². The van der Waals surface area contributed by atoms with E-state index in [1.54, 1.807) is 18.4 Å². The summed E-state index contributed by atoms with van der Waals surface area (Å²) in [4.78, 5) is 3.99. The van der Waals surface area contributed by atoms with Gasteiger partial charge in [0.25, 0.3) is 0 Å². The van der Waals surface area contributed by atoms with Crippen molar-refractivity contribution in [2.24, 2.45) is 0 Å². The van der Waals surface area contributed by atoms with Crippen molar-refractivity contribution in [2.75, 3.05) is 0 Å². The molecule has 0 aliphatic heterocycles. The molecular weight excluding hydrogens is 164 g/mol. The van der Waals surface area contributed by atoms with Crippen molar-refractivity contribution in [3.8, 4) is 17.3 Å². The Balaban J connectivity index is 2.40. The lowest BCUT2D eigenvalue weighted by atomic mass is 10.1. The van der Waals surface area contributed by atoms with Crippen molar-refractivity contribution in [3.05, 3.63) is 42.5 Å². The molecule has 0 spiro atoms. The van der Waals surface area contributed by atoms with E-state index in [-0.39, 0.29) is 0 Å². The number of aromatic nitrogens is 1. The van der Waals surface area contributed by atoms with Crippen LogP contribution in [0.1, 0.15) is 5.56 Å². The van der Waals surface area contributed by atoms with Gasteiger partial charge in [-0.05, 0) is 12.1 Å². The summed E-state index contributed by atoms with van der Waals surface area (Å²) in [5.74, 6) is 0. The molecule has 0 amide bonds. The van der Waals surface area contributed by atoms with Gasteiger partial charge in [0.2, 0.25) is 0 Å². The lowest BCUT2D eigenvalue weighted by Crippen LogP contribution is -1.77. The van der Waals surface area contributed by atoms with E-state index in [1.807, 2.05) is 12.1 Å². The van der Waals surface area contributed by atoms with Crippen molar-refractivity contribution in [2.45, 2.75) is 0 Å². The molecule has 0 N–H and O–H groups in total. The SMILES string of the molecule is N#Cc1ccc(-c2cocn2)cc1. The number of rotatable bonds is 1. The van der Waals surface area contributed by atoms with Gasteiger partial charge in [-0.3, -0.25) is 0 Å². The van der Waals surface area contributed by atoms with Gasteiger partial charge in [0.05, 0.1) is 11.6 Å². The second-order valence-electron chi connectivity index (χ2n) is 2.56. The molecule has 0 bridgehead atoms. The molecule has 0 aliphatic carbocycles. The summed E-state index contributed by atoms with van der Waals surface area (Å²) in [6, 6.07) is 9.25. The lowest BCUT2D eigenvalue weighted by molar-refractivity contribution is 0.558. The average Bonchev–Trinajstić information content (AvgIpc) is 2.71. The molecule has 1 aromatic carbocycles. The maximum atomic E-state index is 8.57. The molecule has 3 nitrogen and oxygen atoms in total. The Bertz CT molecular complexity index is 423. The normalized spacial score (nSPS) is 9.46. The maximum absolute atomic E-state index is 8.57. The molecule has 0 aliphatic rings. The van der Waals surface area contributed by atoms with E-state index in [4.69, 9.17) is 9.68 Å². The quantitative estimate of drug-likeness (QED) is 0.659. The molecule has 2 rings (SSSR count). The minimum atomic E-state index is 0.646. The number of nitrogens with zero attached hydrogens (tertiary/aromatic N) is 2. The Hall–Kier alpha value is -2.08. The number of hydrogen-bond donors (Lipinski definition) is 0. The van der Waals surface area contributed by atoms with Crippen LogP contribution in [0.25, 0.3) is 11.3 Å². The van der Waals surface area contributed by atoms with Crippen LogP contribution in [0, 0.1) is 11.3 Å². The molecule has 1 heterocycles. The summed E-state index contributed by atoms with van der Waals surface area (Å²) in [6.45, 7) is 0. The predicted molar refractivity (Wildman–Crippen MR) is 46.7 cm³/mol. The second kappa shape index (κ2) is 3.11. The first-order chi connectivity index (χ1) is 6.40. The van der Waals surface area contributed by atoms with Crippen LogP contribution >= 0.6 is 0 Å². The van der Waals surface area contributed by atoms with Gasteiger partial charge in [0.1, 0.15) is 12.0 Å². The maximum Gasteiger partial charge on any atom is 0.181 e. The summed E-state index contributed by atoms with van der Waals surface area (Å²) in [5.41, 5.74) is 2.38. The van der Waals surface area contributed by atoms with Crippen LogP contribution in [0.5, 0.6) is 0 Å². The van der Waals surface area contributed by atoms with Gasteiger partial charge in [-0.2, -0.15) is 5.26 Å². The average molecular weight is 170 g/mol. The van der Waals surface area contributed by atoms with Crippen LogP contribution in [0.15, 0.2) is 41.3 Å². The van der Waals surface area contributed by atoms with Gasteiger partial charge in [-0.25, -0.2) is 4.98 Å². The molecule has 2 aromatic rings. The van der Waals surface area contributed by atoms with Crippen LogP contribution in [-0.2, 0) is 0 Å². The fourth-order valence-corrected chi connectivity index (χ4v) is 1.07. The molecule has 0 atom stereocenters. The lowest BCUT2D eigenvalue weighted by Gasteiger charge is -1.93. The highest BCUT2D eigenvalue weighted by Crippen LogP contribution is 2.16. The van der Waals surface area contributed by atoms with E-state index in [1.165, 1.54) is 6.39 Å². The zero-order chi connectivity index (χ0) is 9.10. The van der Waals surface area contributed by atoms with Crippen molar-refractivity contribution >= 4 is 0 Å². The summed E-state index contributed by atoms with van der Waals surface area (Å²) in [5, 5.41) is 8.57. The monoisotopic (exact) mass is 170 g/mol. The number of nitriles is 1. The third-order valence-corrected chi connectivity index (χ3v) is 1.74. The molecule has 1 aromatic heterocycles. The summed E-state index contributed by atoms with van der Waals surface area (Å²) >= 11 is 0. The Morgan fingerprint density at radius 2 is 2.00 bits per heavy atom. The minimum absolute atomic E-state index is 0.646. The largest absolute Gasteiger partial charge is 0.451 e. The molecular formula is C10H6N2O. The van der Waals surface area contributed by atoms with E-state index < -0.39 is 0 Å². The van der Waals surface area contributed by atoms with Crippen LogP contribution < -0.4 is 0 Å². The number of hydrogen-bond acceptors (Lipinski definition) is 3. The Labute approximate surface area is 75.3 Å². The van der Waals surface area contributed by atoms with E-state index in [2.05, 4.69) is 11.1 Å². The zero-order valence-electron chi connectivity index (χ0n) is 6.77. The fourth-order valence-electron chi connectivity index (χ4n) is 1.07. The molecule has 0 radical (unpaired) electrons. The van der Waals surface area contributed by atoms with Gasteiger partial charge in [0, 0.05) is 5.56 Å². The summed E-state index contributed by atoms with van der Waals surface area (Å²) < 4.78 is 4.85. The van der Waals surface area contributed by atoms with Crippen molar-refractivity contribution in [1.29, 1.82) is 5.26 Å². The molecule has 0 fully saturated rings. The van der Waals surface area contributed by atoms with Gasteiger partial charge in [0.15, 0.2) is 6.39 Å². The van der Waals surface area contributed by atoms with E-state index in [9.17, 15) is 0 Å². The summed E-state index contributed by atoms with van der Waals surface area (Å²) in [6.07, 6.45) is 2.95. The number of oxazole rings is 1. The molecule has 0 saturated heterocycles. The molecule has 0 saturated carbocycles. The van der Waals surface area contributed by atoms with Crippen LogP contribution in [-0.4, -0.2) is 4.98 Å². The van der Waals surface area contributed by atoms with Gasteiger partial charge >= 0.3 is 0 Å². The highest BCUT2D eigenvalue weighted by atomic mass is 16.3. The smallest absolute Gasteiger partial charge is 0.181 e. The first-order valence-corrected chi connectivity index (χ1v) is 3.79. The third-order valence-electron chi connectivity index (χ3n) is 1.74. The standard InChI is InChI=1S/C10H6N2O/c11-5-8-1-3-9(4-2-8)10-6-13-7-12-10/h1-4,6-7H. The van der Waals surface area contributed by atoms with Gasteiger partial charge in [-0.1, -0.05) is 12.1 Å². The predicted octanol–water partition coefficient (Wildman–Crippen LogP) is 2.21. The highest BCUT2D eigenvalue weighted by Gasteiger charge is 1.99. The van der Waals surface area contributed by atoms with Crippen molar-refractivity contribution in [3.63, 3.8) is 0 Å². The third kappa shape index (κ3) is 1.42. The zero-order valence-corrected chi connectivity index (χ0v) is 6.77. The molecule has 3 heteroatoms. The first-order valence-electron chi connectivity index (χ1n) is 3.79. The Morgan fingerprint density at radius 1 is 1.23 bits per heavy atom. The minimum Gasteiger partial charge on any atom is -0.451 e. The number of benzene rings is 1. The van der Waals surface area contributed by atoms with Crippen LogP contribution in [0.2, 0.25) is 0 Å². The topological polar surface area (TPSA) is 49.8 Å². The summed E-state index contributed by atoms with van der Waals surface area (Å²) in [7, 11) is 0. The van der Waals surface area contributed by atoms with Gasteiger partial charge in [-0.15, -0.1) is 0 Å². The van der Waals surface area contributed by atoms with Crippen molar-refractivity contribution in [1.82, 2.24) is 4.98 Å². The Kier molecular flexibility index (Phi) is 1.81. The first kappa shape index (κ1) is 7.56. The van der Waals surface area contributed by atoms with E-state index >= 15 is 0 Å². The van der Waals surface area contributed by atoms with E-state index in [0.717, 1.165) is 11.3 Å². The van der Waals surface area contributed by atoms with Crippen LogP contribution in [0.4, 0.5) is 0 Å².